The number of aryl methyl sites for hydroxylation is 1. The van der Waals surface area contributed by atoms with Crippen LogP contribution in [-0.2, 0) is 16.0 Å². The molecule has 25 heavy (non-hydrogen) atoms. The van der Waals surface area contributed by atoms with Crippen molar-refractivity contribution in [2.24, 2.45) is 5.41 Å². The zero-order chi connectivity index (χ0) is 18.3. The quantitative estimate of drug-likeness (QED) is 0.666. The average Bonchev–Trinajstić information content (AvgIpc) is 3.12. The van der Waals surface area contributed by atoms with Gasteiger partial charge in [0.2, 0.25) is 0 Å². The second-order valence-electron chi connectivity index (χ2n) is 6.11. The fourth-order valence-corrected chi connectivity index (χ4v) is 2.63. The van der Waals surface area contributed by atoms with Gasteiger partial charge in [-0.3, -0.25) is 4.79 Å². The molecule has 1 aromatic carbocycles. The standard InChI is InChI=1S/C19H24ClNO4/c1-3-24-18(23)19(2,11-10-15-5-4-12-21-15)17(22)13-25-16-8-6-14(20)7-9-16/h4-9,12,17,21-22H,3,10-11,13H2,1-2H3. The first-order valence-corrected chi connectivity index (χ1v) is 8.69. The van der Waals surface area contributed by atoms with Gasteiger partial charge in [0.1, 0.15) is 18.5 Å². The third-order valence-corrected chi connectivity index (χ3v) is 4.53. The van der Waals surface area contributed by atoms with E-state index in [0.29, 0.717) is 23.6 Å². The first kappa shape index (κ1) is 19.3. The number of carbonyl (C=O) groups is 1. The van der Waals surface area contributed by atoms with E-state index in [9.17, 15) is 9.90 Å². The van der Waals surface area contributed by atoms with Crippen LogP contribution in [0.3, 0.4) is 0 Å². The number of aliphatic hydroxyl groups excluding tert-OH is 1. The number of hydrogen-bond donors (Lipinski definition) is 2. The second-order valence-corrected chi connectivity index (χ2v) is 6.55. The first-order valence-electron chi connectivity index (χ1n) is 8.31. The number of rotatable bonds is 9. The predicted octanol–water partition coefficient (Wildman–Crippen LogP) is 3.61. The molecule has 0 aliphatic carbocycles. The topological polar surface area (TPSA) is 71.6 Å². The molecule has 2 N–H and O–H groups in total. The summed E-state index contributed by atoms with van der Waals surface area (Å²) in [7, 11) is 0. The monoisotopic (exact) mass is 365 g/mol. The number of halogens is 1. The summed E-state index contributed by atoms with van der Waals surface area (Å²) in [4.78, 5) is 15.6. The van der Waals surface area contributed by atoms with E-state index >= 15 is 0 Å². The van der Waals surface area contributed by atoms with Crippen LogP contribution in [0, 0.1) is 5.41 Å². The molecule has 1 aromatic heterocycles. The number of esters is 1. The van der Waals surface area contributed by atoms with E-state index in [-0.39, 0.29) is 13.2 Å². The average molecular weight is 366 g/mol. The predicted molar refractivity (Wildman–Crippen MR) is 96.8 cm³/mol. The van der Waals surface area contributed by atoms with Crippen LogP contribution in [0.25, 0.3) is 0 Å². The third-order valence-electron chi connectivity index (χ3n) is 4.27. The molecule has 0 bridgehead atoms. The lowest BCUT2D eigenvalue weighted by molar-refractivity contribution is -0.163. The van der Waals surface area contributed by atoms with Crippen LogP contribution < -0.4 is 4.74 Å². The van der Waals surface area contributed by atoms with Crippen molar-refractivity contribution < 1.29 is 19.4 Å². The number of nitrogens with one attached hydrogen (secondary N) is 1. The lowest BCUT2D eigenvalue weighted by Gasteiger charge is -2.32. The third kappa shape index (κ3) is 5.25. The Bertz CT molecular complexity index is 657. The van der Waals surface area contributed by atoms with Gasteiger partial charge in [-0.1, -0.05) is 11.6 Å². The highest BCUT2D eigenvalue weighted by atomic mass is 35.5. The normalized spacial score (nSPS) is 14.6. The van der Waals surface area contributed by atoms with Gasteiger partial charge in [-0.15, -0.1) is 0 Å². The summed E-state index contributed by atoms with van der Waals surface area (Å²) in [5.41, 5.74) is -0.0607. The molecule has 6 heteroatoms. The van der Waals surface area contributed by atoms with Crippen molar-refractivity contribution in [2.75, 3.05) is 13.2 Å². The minimum atomic E-state index is -1.06. The SMILES string of the molecule is CCOC(=O)C(C)(CCc1ccc[nH]1)C(O)COc1ccc(Cl)cc1. The van der Waals surface area contributed by atoms with Crippen molar-refractivity contribution >= 4 is 17.6 Å². The Morgan fingerprint density at radius 2 is 2.04 bits per heavy atom. The lowest BCUT2D eigenvalue weighted by atomic mass is 9.79. The summed E-state index contributed by atoms with van der Waals surface area (Å²) in [6, 6.07) is 10.7. The van der Waals surface area contributed by atoms with Gasteiger partial charge in [0.15, 0.2) is 0 Å². The molecule has 0 aliphatic rings. The van der Waals surface area contributed by atoms with E-state index in [0.717, 1.165) is 5.69 Å². The lowest BCUT2D eigenvalue weighted by Crippen LogP contribution is -2.44. The van der Waals surface area contributed by atoms with Crippen molar-refractivity contribution in [1.82, 2.24) is 4.98 Å². The molecule has 2 unspecified atom stereocenters. The molecule has 0 fully saturated rings. The van der Waals surface area contributed by atoms with Gasteiger partial charge in [-0.2, -0.15) is 0 Å². The minimum Gasteiger partial charge on any atom is -0.491 e. The summed E-state index contributed by atoms with van der Waals surface area (Å²) >= 11 is 5.84. The number of carbonyl (C=O) groups excluding carboxylic acids is 1. The van der Waals surface area contributed by atoms with Crippen molar-refractivity contribution in [3.63, 3.8) is 0 Å². The van der Waals surface area contributed by atoms with Crippen LogP contribution in [0.4, 0.5) is 0 Å². The van der Waals surface area contributed by atoms with Crippen molar-refractivity contribution in [3.05, 3.63) is 53.3 Å². The fourth-order valence-electron chi connectivity index (χ4n) is 2.51. The highest BCUT2D eigenvalue weighted by Crippen LogP contribution is 2.30. The minimum absolute atomic E-state index is 0.0122. The molecule has 0 saturated carbocycles. The van der Waals surface area contributed by atoms with E-state index in [1.54, 1.807) is 38.1 Å². The zero-order valence-corrected chi connectivity index (χ0v) is 15.3. The molecule has 5 nitrogen and oxygen atoms in total. The molecule has 136 valence electrons. The van der Waals surface area contributed by atoms with Gasteiger partial charge < -0.3 is 19.6 Å². The van der Waals surface area contributed by atoms with Gasteiger partial charge >= 0.3 is 5.97 Å². The summed E-state index contributed by atoms with van der Waals surface area (Å²) in [6.07, 6.45) is 1.90. The number of aromatic amines is 1. The van der Waals surface area contributed by atoms with E-state index in [2.05, 4.69) is 4.98 Å². The molecule has 0 radical (unpaired) electrons. The summed E-state index contributed by atoms with van der Waals surface area (Å²) in [5, 5.41) is 11.3. The van der Waals surface area contributed by atoms with E-state index < -0.39 is 17.5 Å². The largest absolute Gasteiger partial charge is 0.491 e. The summed E-state index contributed by atoms with van der Waals surface area (Å²) < 4.78 is 10.8. The Labute approximate surface area is 152 Å². The van der Waals surface area contributed by atoms with Crippen molar-refractivity contribution in [1.29, 1.82) is 0 Å². The zero-order valence-electron chi connectivity index (χ0n) is 14.5. The molecule has 0 saturated heterocycles. The van der Waals surface area contributed by atoms with Crippen LogP contribution in [-0.4, -0.2) is 35.4 Å². The maximum absolute atomic E-state index is 12.5. The molecule has 1 heterocycles. The number of hydrogen-bond acceptors (Lipinski definition) is 4. The highest BCUT2D eigenvalue weighted by Gasteiger charge is 2.42. The van der Waals surface area contributed by atoms with Crippen LogP contribution in [0.2, 0.25) is 5.02 Å². The van der Waals surface area contributed by atoms with Crippen molar-refractivity contribution in [2.45, 2.75) is 32.8 Å². The molecular weight excluding hydrogens is 342 g/mol. The second kappa shape index (κ2) is 8.92. The molecule has 0 amide bonds. The Hall–Kier alpha value is -1.98. The van der Waals surface area contributed by atoms with Gasteiger partial charge in [-0.05, 0) is 63.1 Å². The summed E-state index contributed by atoms with van der Waals surface area (Å²) in [6.45, 7) is 3.72. The maximum Gasteiger partial charge on any atom is 0.314 e. The Kier molecular flexibility index (Phi) is 6.91. The molecular formula is C19H24ClNO4. The van der Waals surface area contributed by atoms with E-state index in [1.807, 2.05) is 18.3 Å². The Balaban J connectivity index is 2.04. The smallest absolute Gasteiger partial charge is 0.314 e. The number of aliphatic hydroxyl groups is 1. The van der Waals surface area contributed by atoms with Crippen LogP contribution in [0.15, 0.2) is 42.6 Å². The number of ether oxygens (including phenoxy) is 2. The van der Waals surface area contributed by atoms with Crippen LogP contribution in [0.5, 0.6) is 5.75 Å². The van der Waals surface area contributed by atoms with E-state index in [4.69, 9.17) is 21.1 Å². The Morgan fingerprint density at radius 1 is 1.32 bits per heavy atom. The van der Waals surface area contributed by atoms with Gasteiger partial charge in [0, 0.05) is 16.9 Å². The molecule has 2 rings (SSSR count). The Morgan fingerprint density at radius 3 is 2.64 bits per heavy atom. The number of H-pyrrole nitrogens is 1. The van der Waals surface area contributed by atoms with Crippen LogP contribution in [0.1, 0.15) is 26.0 Å². The number of benzene rings is 1. The molecule has 2 atom stereocenters. The van der Waals surface area contributed by atoms with Crippen molar-refractivity contribution in [3.8, 4) is 5.75 Å². The van der Waals surface area contributed by atoms with Crippen LogP contribution >= 0.6 is 11.6 Å². The maximum atomic E-state index is 12.5. The van der Waals surface area contributed by atoms with Gasteiger partial charge in [0.05, 0.1) is 12.0 Å². The highest BCUT2D eigenvalue weighted by molar-refractivity contribution is 6.30. The summed E-state index contributed by atoms with van der Waals surface area (Å²) in [5.74, 6) is 0.160. The van der Waals surface area contributed by atoms with Gasteiger partial charge in [0.25, 0.3) is 0 Å². The van der Waals surface area contributed by atoms with E-state index in [1.165, 1.54) is 0 Å². The fraction of sp³-hybridized carbons (Fsp3) is 0.421. The number of aromatic nitrogens is 1. The first-order chi connectivity index (χ1) is 12.0. The molecule has 0 spiro atoms. The molecule has 2 aromatic rings. The molecule has 0 aliphatic heterocycles. The van der Waals surface area contributed by atoms with Gasteiger partial charge in [-0.25, -0.2) is 0 Å².